The Kier molecular flexibility index (Phi) is 6.35. The fraction of sp³-hybridized carbons (Fsp3) is 0.700. The normalized spacial score (nSPS) is 22.4. The first kappa shape index (κ1) is 22.6. The van der Waals surface area contributed by atoms with Gasteiger partial charge in [-0.3, -0.25) is 0 Å². The molecule has 170 valence electrons. The SMILES string of the molecule is CO[C@H](c1ncc(Cl)cn1)[C@H](C)S(=O)(=O)Cc1nnc(C[C@H]2CCCO2)n1C1(C)CC1. The van der Waals surface area contributed by atoms with Crippen molar-refractivity contribution in [2.24, 2.45) is 0 Å². The van der Waals surface area contributed by atoms with Gasteiger partial charge in [-0.05, 0) is 39.5 Å². The molecular weight excluding hydrogens is 442 g/mol. The van der Waals surface area contributed by atoms with Gasteiger partial charge in [0.15, 0.2) is 15.7 Å². The van der Waals surface area contributed by atoms with E-state index in [0.717, 1.165) is 38.1 Å². The summed E-state index contributed by atoms with van der Waals surface area (Å²) in [5.74, 6) is 1.31. The first-order valence-corrected chi connectivity index (χ1v) is 12.6. The standard InChI is InChI=1S/C20H28ClN5O4S/c1-13(18(29-3)19-22-10-14(21)11-23-19)31(27,28)12-17-25-24-16(9-15-5-4-8-30-15)26(17)20(2)6-7-20/h10-11,13,15,18H,4-9,12H2,1-3H3/t13-,15+,18-/m0/s1. The Morgan fingerprint density at radius 1 is 1.29 bits per heavy atom. The molecule has 3 heterocycles. The van der Waals surface area contributed by atoms with Crippen LogP contribution in [0.2, 0.25) is 5.02 Å². The number of aromatic nitrogens is 5. The van der Waals surface area contributed by atoms with E-state index in [1.165, 1.54) is 19.5 Å². The van der Waals surface area contributed by atoms with Crippen molar-refractivity contribution >= 4 is 21.4 Å². The van der Waals surface area contributed by atoms with Crippen LogP contribution in [0.4, 0.5) is 0 Å². The molecule has 2 aromatic rings. The highest BCUT2D eigenvalue weighted by molar-refractivity contribution is 7.91. The fourth-order valence-corrected chi connectivity index (χ4v) is 5.61. The smallest absolute Gasteiger partial charge is 0.163 e. The van der Waals surface area contributed by atoms with Gasteiger partial charge in [0.05, 0.1) is 16.4 Å². The van der Waals surface area contributed by atoms with Crippen LogP contribution in [-0.4, -0.2) is 58.2 Å². The van der Waals surface area contributed by atoms with Crippen molar-refractivity contribution in [3.05, 3.63) is 34.9 Å². The van der Waals surface area contributed by atoms with Crippen LogP contribution in [0.1, 0.15) is 63.1 Å². The summed E-state index contributed by atoms with van der Waals surface area (Å²) in [7, 11) is -2.20. The summed E-state index contributed by atoms with van der Waals surface area (Å²) in [5.41, 5.74) is -0.133. The lowest BCUT2D eigenvalue weighted by molar-refractivity contribution is 0.0948. The molecule has 1 saturated heterocycles. The molecule has 1 aliphatic carbocycles. The van der Waals surface area contributed by atoms with Crippen molar-refractivity contribution < 1.29 is 17.9 Å². The highest BCUT2D eigenvalue weighted by Gasteiger charge is 2.44. The Morgan fingerprint density at radius 2 is 1.97 bits per heavy atom. The highest BCUT2D eigenvalue weighted by Crippen LogP contribution is 2.45. The summed E-state index contributed by atoms with van der Waals surface area (Å²) in [6.45, 7) is 4.49. The number of hydrogen-bond acceptors (Lipinski definition) is 8. The summed E-state index contributed by atoms with van der Waals surface area (Å²) in [6.07, 6.45) is 6.79. The highest BCUT2D eigenvalue weighted by atomic mass is 35.5. The van der Waals surface area contributed by atoms with Crippen molar-refractivity contribution in [1.82, 2.24) is 24.7 Å². The first-order valence-electron chi connectivity index (χ1n) is 10.5. The van der Waals surface area contributed by atoms with Crippen molar-refractivity contribution in [1.29, 1.82) is 0 Å². The number of nitrogens with zero attached hydrogens (tertiary/aromatic N) is 5. The maximum Gasteiger partial charge on any atom is 0.163 e. The third-order valence-corrected chi connectivity index (χ3v) is 8.45. The van der Waals surface area contributed by atoms with Crippen LogP contribution in [0.15, 0.2) is 12.4 Å². The third kappa shape index (κ3) is 4.76. The second-order valence-corrected chi connectivity index (χ2v) is 11.4. The number of sulfone groups is 1. The number of rotatable bonds is 9. The average Bonchev–Trinajstić information content (AvgIpc) is 3.11. The van der Waals surface area contributed by atoms with Gasteiger partial charge in [-0.2, -0.15) is 0 Å². The van der Waals surface area contributed by atoms with Crippen LogP contribution < -0.4 is 0 Å². The molecule has 0 unspecified atom stereocenters. The number of ether oxygens (including phenoxy) is 2. The molecule has 0 bridgehead atoms. The van der Waals surface area contributed by atoms with E-state index in [0.29, 0.717) is 17.3 Å². The van der Waals surface area contributed by atoms with Gasteiger partial charge < -0.3 is 14.0 Å². The van der Waals surface area contributed by atoms with E-state index < -0.39 is 21.2 Å². The molecule has 31 heavy (non-hydrogen) atoms. The van der Waals surface area contributed by atoms with Gasteiger partial charge in [0.2, 0.25) is 0 Å². The van der Waals surface area contributed by atoms with E-state index >= 15 is 0 Å². The summed E-state index contributed by atoms with van der Waals surface area (Å²) in [4.78, 5) is 8.28. The van der Waals surface area contributed by atoms with E-state index in [1.54, 1.807) is 6.92 Å². The number of methoxy groups -OCH3 is 1. The molecule has 1 aliphatic heterocycles. The summed E-state index contributed by atoms with van der Waals surface area (Å²) >= 11 is 5.85. The van der Waals surface area contributed by atoms with Gasteiger partial charge >= 0.3 is 0 Å². The van der Waals surface area contributed by atoms with Crippen LogP contribution in [0, 0.1) is 0 Å². The Morgan fingerprint density at radius 3 is 2.55 bits per heavy atom. The lowest BCUT2D eigenvalue weighted by Gasteiger charge is -2.23. The van der Waals surface area contributed by atoms with Crippen LogP contribution in [0.5, 0.6) is 0 Å². The monoisotopic (exact) mass is 469 g/mol. The van der Waals surface area contributed by atoms with Crippen LogP contribution in [0.3, 0.4) is 0 Å². The summed E-state index contributed by atoms with van der Waals surface area (Å²) in [6, 6.07) is 0. The van der Waals surface area contributed by atoms with E-state index in [4.69, 9.17) is 21.1 Å². The predicted molar refractivity (Wildman–Crippen MR) is 114 cm³/mol. The van der Waals surface area contributed by atoms with Crippen molar-refractivity contribution in [3.63, 3.8) is 0 Å². The quantitative estimate of drug-likeness (QED) is 0.551. The molecule has 0 aromatic carbocycles. The second kappa shape index (κ2) is 8.73. The van der Waals surface area contributed by atoms with Gasteiger partial charge in [-0.15, -0.1) is 10.2 Å². The lowest BCUT2D eigenvalue weighted by Crippen LogP contribution is -2.31. The predicted octanol–water partition coefficient (Wildman–Crippen LogP) is 2.64. The van der Waals surface area contributed by atoms with Crippen LogP contribution in [0.25, 0.3) is 0 Å². The molecule has 3 atom stereocenters. The molecule has 2 aliphatic rings. The fourth-order valence-electron chi connectivity index (χ4n) is 4.09. The molecule has 1 saturated carbocycles. The van der Waals surface area contributed by atoms with E-state index in [2.05, 4.69) is 27.1 Å². The van der Waals surface area contributed by atoms with Gasteiger partial charge in [0.25, 0.3) is 0 Å². The molecule has 0 radical (unpaired) electrons. The zero-order chi connectivity index (χ0) is 22.2. The van der Waals surface area contributed by atoms with E-state index in [-0.39, 0.29) is 23.2 Å². The third-order valence-electron chi connectivity index (χ3n) is 6.22. The Labute approximate surface area is 187 Å². The van der Waals surface area contributed by atoms with Gasteiger partial charge in [-0.25, -0.2) is 18.4 Å². The molecule has 2 fully saturated rings. The van der Waals surface area contributed by atoms with Crippen molar-refractivity contribution in [3.8, 4) is 0 Å². The zero-order valence-corrected chi connectivity index (χ0v) is 19.6. The average molecular weight is 470 g/mol. The van der Waals surface area contributed by atoms with Crippen molar-refractivity contribution in [2.45, 2.75) is 74.7 Å². The minimum absolute atomic E-state index is 0.119. The van der Waals surface area contributed by atoms with Crippen LogP contribution >= 0.6 is 11.6 Å². The molecule has 0 spiro atoms. The van der Waals surface area contributed by atoms with E-state index in [1.807, 2.05) is 4.57 Å². The molecular formula is C20H28ClN5O4S. The Hall–Kier alpha value is -1.62. The molecule has 2 aromatic heterocycles. The topological polar surface area (TPSA) is 109 Å². The van der Waals surface area contributed by atoms with E-state index in [9.17, 15) is 8.42 Å². The van der Waals surface area contributed by atoms with Gasteiger partial charge in [0, 0.05) is 38.1 Å². The summed E-state index contributed by atoms with van der Waals surface area (Å²) in [5, 5.41) is 8.15. The second-order valence-electron chi connectivity index (χ2n) is 8.63. The van der Waals surface area contributed by atoms with Crippen LogP contribution in [-0.2, 0) is 37.0 Å². The zero-order valence-electron chi connectivity index (χ0n) is 18.0. The lowest BCUT2D eigenvalue weighted by atomic mass is 10.1. The molecule has 0 amide bonds. The molecule has 0 N–H and O–H groups in total. The minimum Gasteiger partial charge on any atom is -0.378 e. The van der Waals surface area contributed by atoms with Crippen molar-refractivity contribution in [2.75, 3.05) is 13.7 Å². The largest absolute Gasteiger partial charge is 0.378 e. The Bertz CT molecular complexity index is 1020. The number of halogens is 1. The maximum atomic E-state index is 13.3. The molecule has 11 heteroatoms. The first-order chi connectivity index (χ1) is 14.7. The van der Waals surface area contributed by atoms with Gasteiger partial charge in [-0.1, -0.05) is 11.6 Å². The molecule has 9 nitrogen and oxygen atoms in total. The minimum atomic E-state index is -3.64. The molecule has 4 rings (SSSR count). The number of hydrogen-bond donors (Lipinski definition) is 0. The maximum absolute atomic E-state index is 13.3. The van der Waals surface area contributed by atoms with Gasteiger partial charge in [0.1, 0.15) is 23.5 Å². The summed E-state index contributed by atoms with van der Waals surface area (Å²) < 4.78 is 39.9. The Balaban J connectivity index is 1.58.